The summed E-state index contributed by atoms with van der Waals surface area (Å²) in [5.41, 5.74) is 3.70. The molecule has 1 amide bonds. The van der Waals surface area contributed by atoms with Gasteiger partial charge in [-0.05, 0) is 43.2 Å². The van der Waals surface area contributed by atoms with Gasteiger partial charge in [-0.2, -0.15) is 0 Å². The van der Waals surface area contributed by atoms with Gasteiger partial charge in [0.05, 0.1) is 11.9 Å². The molecule has 0 saturated heterocycles. The minimum absolute atomic E-state index is 0.0215. The molecule has 3 aromatic rings. The summed E-state index contributed by atoms with van der Waals surface area (Å²) in [6.07, 6.45) is 1.79. The standard InChI is InChI=1S/C19H19N3O2/c1-13-5-3-4-6-18(13)24-12-19(23)22-16-9-7-15(8-10-16)17-11-20-14(2)21-17/h3-11H,12H2,1-2H3,(H,20,21)(H,22,23). The van der Waals surface area contributed by atoms with Crippen LogP contribution in [0.25, 0.3) is 11.3 Å². The number of hydrogen-bond acceptors (Lipinski definition) is 3. The lowest BCUT2D eigenvalue weighted by Gasteiger charge is -2.09. The first-order valence-corrected chi connectivity index (χ1v) is 7.72. The topological polar surface area (TPSA) is 67.0 Å². The third-order valence-electron chi connectivity index (χ3n) is 3.63. The van der Waals surface area contributed by atoms with Crippen LogP contribution in [0.2, 0.25) is 0 Å². The lowest BCUT2D eigenvalue weighted by Crippen LogP contribution is -2.20. The third kappa shape index (κ3) is 3.81. The summed E-state index contributed by atoms with van der Waals surface area (Å²) >= 11 is 0. The molecule has 5 heteroatoms. The van der Waals surface area contributed by atoms with Gasteiger partial charge < -0.3 is 15.0 Å². The second kappa shape index (κ2) is 7.00. The van der Waals surface area contributed by atoms with Crippen molar-refractivity contribution in [3.8, 4) is 17.0 Å². The Morgan fingerprint density at radius 3 is 2.54 bits per heavy atom. The van der Waals surface area contributed by atoms with Gasteiger partial charge in [0.2, 0.25) is 0 Å². The van der Waals surface area contributed by atoms with E-state index >= 15 is 0 Å². The first kappa shape index (κ1) is 15.8. The fourth-order valence-electron chi connectivity index (χ4n) is 2.36. The predicted octanol–water partition coefficient (Wildman–Crippen LogP) is 3.71. The van der Waals surface area contributed by atoms with Crippen LogP contribution in [0.4, 0.5) is 5.69 Å². The van der Waals surface area contributed by atoms with Gasteiger partial charge in [-0.25, -0.2) is 4.98 Å². The maximum Gasteiger partial charge on any atom is 0.262 e. The first-order valence-electron chi connectivity index (χ1n) is 7.72. The number of nitrogens with one attached hydrogen (secondary N) is 2. The van der Waals surface area contributed by atoms with Crippen LogP contribution in [0.3, 0.4) is 0 Å². The number of imidazole rings is 1. The number of amides is 1. The van der Waals surface area contributed by atoms with Gasteiger partial charge in [-0.15, -0.1) is 0 Å². The maximum atomic E-state index is 12.0. The van der Waals surface area contributed by atoms with E-state index in [1.165, 1.54) is 0 Å². The summed E-state index contributed by atoms with van der Waals surface area (Å²) in [6, 6.07) is 15.2. The van der Waals surface area contributed by atoms with Crippen LogP contribution in [0.1, 0.15) is 11.4 Å². The fraction of sp³-hybridized carbons (Fsp3) is 0.158. The monoisotopic (exact) mass is 321 g/mol. The number of para-hydroxylation sites is 1. The number of rotatable bonds is 5. The number of carbonyl (C=O) groups is 1. The van der Waals surface area contributed by atoms with Crippen LogP contribution in [-0.4, -0.2) is 22.5 Å². The number of carbonyl (C=O) groups excluding carboxylic acids is 1. The molecular formula is C19H19N3O2. The van der Waals surface area contributed by atoms with Crippen molar-refractivity contribution in [1.29, 1.82) is 0 Å². The van der Waals surface area contributed by atoms with Crippen LogP contribution in [0.5, 0.6) is 5.75 Å². The Balaban J connectivity index is 1.57. The molecule has 0 spiro atoms. The van der Waals surface area contributed by atoms with Crippen molar-refractivity contribution in [1.82, 2.24) is 9.97 Å². The van der Waals surface area contributed by atoms with E-state index < -0.39 is 0 Å². The van der Waals surface area contributed by atoms with Crippen molar-refractivity contribution in [2.75, 3.05) is 11.9 Å². The Morgan fingerprint density at radius 2 is 1.88 bits per heavy atom. The zero-order chi connectivity index (χ0) is 16.9. The highest BCUT2D eigenvalue weighted by molar-refractivity contribution is 5.92. The van der Waals surface area contributed by atoms with E-state index in [1.54, 1.807) is 6.20 Å². The van der Waals surface area contributed by atoms with Gasteiger partial charge in [-0.1, -0.05) is 30.3 Å². The van der Waals surface area contributed by atoms with Gasteiger partial charge in [0.1, 0.15) is 11.6 Å². The van der Waals surface area contributed by atoms with E-state index in [-0.39, 0.29) is 12.5 Å². The van der Waals surface area contributed by atoms with Crippen LogP contribution < -0.4 is 10.1 Å². The van der Waals surface area contributed by atoms with Crippen LogP contribution in [0, 0.1) is 13.8 Å². The molecule has 1 aromatic heterocycles. The lowest BCUT2D eigenvalue weighted by molar-refractivity contribution is -0.118. The molecule has 3 rings (SSSR count). The fourth-order valence-corrected chi connectivity index (χ4v) is 2.36. The molecule has 24 heavy (non-hydrogen) atoms. The summed E-state index contributed by atoms with van der Waals surface area (Å²) in [6.45, 7) is 3.84. The zero-order valence-electron chi connectivity index (χ0n) is 13.7. The molecular weight excluding hydrogens is 302 g/mol. The molecule has 0 atom stereocenters. The summed E-state index contributed by atoms with van der Waals surface area (Å²) in [7, 11) is 0. The molecule has 0 fully saturated rings. The van der Waals surface area contributed by atoms with E-state index in [2.05, 4.69) is 15.3 Å². The normalized spacial score (nSPS) is 10.4. The molecule has 5 nitrogen and oxygen atoms in total. The highest BCUT2D eigenvalue weighted by Crippen LogP contribution is 2.20. The number of nitrogens with zero attached hydrogens (tertiary/aromatic N) is 1. The number of hydrogen-bond donors (Lipinski definition) is 2. The van der Waals surface area contributed by atoms with E-state index in [0.29, 0.717) is 0 Å². The summed E-state index contributed by atoms with van der Waals surface area (Å²) in [5.74, 6) is 1.40. The quantitative estimate of drug-likeness (QED) is 0.753. The Bertz CT molecular complexity index is 838. The van der Waals surface area contributed by atoms with Crippen molar-refractivity contribution in [2.24, 2.45) is 0 Å². The number of benzene rings is 2. The summed E-state index contributed by atoms with van der Waals surface area (Å²) in [4.78, 5) is 19.4. The molecule has 0 bridgehead atoms. The highest BCUT2D eigenvalue weighted by atomic mass is 16.5. The lowest BCUT2D eigenvalue weighted by atomic mass is 10.1. The zero-order valence-corrected chi connectivity index (χ0v) is 13.7. The third-order valence-corrected chi connectivity index (χ3v) is 3.63. The smallest absolute Gasteiger partial charge is 0.262 e. The van der Waals surface area contributed by atoms with E-state index in [9.17, 15) is 4.79 Å². The van der Waals surface area contributed by atoms with Crippen molar-refractivity contribution in [2.45, 2.75) is 13.8 Å². The van der Waals surface area contributed by atoms with Crippen molar-refractivity contribution >= 4 is 11.6 Å². The van der Waals surface area contributed by atoms with Gasteiger partial charge in [0.15, 0.2) is 6.61 Å². The molecule has 2 N–H and O–H groups in total. The Hall–Kier alpha value is -3.08. The van der Waals surface area contributed by atoms with Crippen molar-refractivity contribution < 1.29 is 9.53 Å². The summed E-state index contributed by atoms with van der Waals surface area (Å²) in [5, 5.41) is 2.83. The minimum atomic E-state index is -0.191. The molecule has 0 radical (unpaired) electrons. The highest BCUT2D eigenvalue weighted by Gasteiger charge is 2.06. The average molecular weight is 321 g/mol. The van der Waals surface area contributed by atoms with Crippen molar-refractivity contribution in [3.63, 3.8) is 0 Å². The Labute approximate surface area is 140 Å². The molecule has 0 aliphatic rings. The molecule has 0 unspecified atom stereocenters. The second-order valence-corrected chi connectivity index (χ2v) is 5.56. The number of aromatic amines is 1. The van der Waals surface area contributed by atoms with Gasteiger partial charge in [0.25, 0.3) is 5.91 Å². The Morgan fingerprint density at radius 1 is 1.12 bits per heavy atom. The van der Waals surface area contributed by atoms with Crippen LogP contribution in [-0.2, 0) is 4.79 Å². The van der Waals surface area contributed by atoms with E-state index in [4.69, 9.17) is 4.74 Å². The minimum Gasteiger partial charge on any atom is -0.483 e. The van der Waals surface area contributed by atoms with Crippen LogP contribution in [0.15, 0.2) is 54.7 Å². The van der Waals surface area contributed by atoms with Crippen LogP contribution >= 0.6 is 0 Å². The largest absolute Gasteiger partial charge is 0.483 e. The predicted molar refractivity (Wildman–Crippen MR) is 94.1 cm³/mol. The number of aryl methyl sites for hydroxylation is 2. The van der Waals surface area contributed by atoms with Gasteiger partial charge in [-0.3, -0.25) is 4.79 Å². The number of aromatic nitrogens is 2. The first-order chi connectivity index (χ1) is 11.6. The van der Waals surface area contributed by atoms with E-state index in [0.717, 1.165) is 34.1 Å². The second-order valence-electron chi connectivity index (χ2n) is 5.56. The molecule has 0 saturated carbocycles. The van der Waals surface area contributed by atoms with Gasteiger partial charge >= 0.3 is 0 Å². The number of H-pyrrole nitrogens is 1. The molecule has 1 heterocycles. The maximum absolute atomic E-state index is 12.0. The molecule has 0 aliphatic heterocycles. The van der Waals surface area contributed by atoms with E-state index in [1.807, 2.05) is 62.4 Å². The number of ether oxygens (including phenoxy) is 1. The van der Waals surface area contributed by atoms with Gasteiger partial charge in [0, 0.05) is 5.69 Å². The van der Waals surface area contributed by atoms with Crippen molar-refractivity contribution in [3.05, 3.63) is 66.1 Å². The molecule has 0 aliphatic carbocycles. The summed E-state index contributed by atoms with van der Waals surface area (Å²) < 4.78 is 5.54. The molecule has 2 aromatic carbocycles. The average Bonchev–Trinajstić information content (AvgIpc) is 3.01. The SMILES string of the molecule is Cc1ncc(-c2ccc(NC(=O)COc3ccccc3C)cc2)[nH]1. The number of anilines is 1. The molecule has 122 valence electrons. The Kier molecular flexibility index (Phi) is 4.61.